The van der Waals surface area contributed by atoms with Gasteiger partial charge in [0.15, 0.2) is 11.7 Å². The molecule has 1 aliphatic heterocycles. The first-order chi connectivity index (χ1) is 15.3. The second kappa shape index (κ2) is 10.0. The number of hydrogen-bond acceptors (Lipinski definition) is 5. The van der Waals surface area contributed by atoms with E-state index in [1.165, 1.54) is 17.1 Å². The summed E-state index contributed by atoms with van der Waals surface area (Å²) in [5.74, 6) is -0.943. The van der Waals surface area contributed by atoms with Crippen LogP contribution >= 0.6 is 12.2 Å². The van der Waals surface area contributed by atoms with Crippen LogP contribution in [0.15, 0.2) is 60.7 Å². The number of anilines is 1. The molecule has 0 saturated carbocycles. The van der Waals surface area contributed by atoms with Gasteiger partial charge < -0.3 is 10.1 Å². The van der Waals surface area contributed by atoms with Gasteiger partial charge in [-0.2, -0.15) is 0 Å². The lowest BCUT2D eigenvalue weighted by molar-refractivity contribution is -0.128. The molecule has 2 aromatic rings. The zero-order valence-electron chi connectivity index (χ0n) is 17.8. The number of thiocarbonyl (C=S) groups is 1. The third kappa shape index (κ3) is 5.47. The molecule has 1 heterocycles. The van der Waals surface area contributed by atoms with Gasteiger partial charge in [-0.1, -0.05) is 24.3 Å². The van der Waals surface area contributed by atoms with Crippen molar-refractivity contribution in [1.29, 1.82) is 0 Å². The second-order valence-corrected chi connectivity index (χ2v) is 7.62. The van der Waals surface area contributed by atoms with Crippen molar-refractivity contribution < 1.29 is 19.1 Å². The Labute approximate surface area is 191 Å². The Morgan fingerprint density at radius 3 is 2.69 bits per heavy atom. The van der Waals surface area contributed by atoms with Crippen molar-refractivity contribution in [2.75, 3.05) is 18.5 Å². The minimum Gasteiger partial charge on any atom is -0.484 e. The summed E-state index contributed by atoms with van der Waals surface area (Å²) < 4.78 is 5.58. The topological polar surface area (TPSA) is 87.7 Å². The van der Waals surface area contributed by atoms with Crippen LogP contribution in [0.3, 0.4) is 0 Å². The molecule has 164 valence electrons. The van der Waals surface area contributed by atoms with E-state index in [2.05, 4.69) is 17.2 Å². The Morgan fingerprint density at radius 2 is 1.97 bits per heavy atom. The molecule has 0 atom stereocenters. The number of ether oxygens (including phenoxy) is 1. The van der Waals surface area contributed by atoms with Gasteiger partial charge >= 0.3 is 0 Å². The Bertz CT molecular complexity index is 1140. The number of amides is 3. The van der Waals surface area contributed by atoms with Crippen molar-refractivity contribution >= 4 is 46.8 Å². The van der Waals surface area contributed by atoms with E-state index in [0.29, 0.717) is 17.0 Å². The first kappa shape index (κ1) is 22.9. The maximum atomic E-state index is 12.6. The van der Waals surface area contributed by atoms with Gasteiger partial charge in [0.05, 0.1) is 0 Å². The number of carbonyl (C=O) groups excluding carboxylic acids is 3. The van der Waals surface area contributed by atoms with Gasteiger partial charge in [0.2, 0.25) is 0 Å². The first-order valence-corrected chi connectivity index (χ1v) is 10.3. The zero-order chi connectivity index (χ0) is 23.3. The predicted octanol–water partition coefficient (Wildman–Crippen LogP) is 3.13. The lowest BCUT2D eigenvalue weighted by Crippen LogP contribution is -2.53. The van der Waals surface area contributed by atoms with Crippen molar-refractivity contribution in [3.63, 3.8) is 0 Å². The van der Waals surface area contributed by atoms with E-state index in [0.717, 1.165) is 11.1 Å². The van der Waals surface area contributed by atoms with E-state index >= 15 is 0 Å². The molecular weight excluding hydrogens is 426 g/mol. The van der Waals surface area contributed by atoms with E-state index in [4.69, 9.17) is 17.0 Å². The molecular formula is C24H23N3O4S. The number of nitrogens with zero attached hydrogens (tertiary/aromatic N) is 1. The Morgan fingerprint density at radius 1 is 1.19 bits per heavy atom. The van der Waals surface area contributed by atoms with Crippen LogP contribution in [-0.4, -0.2) is 40.9 Å². The van der Waals surface area contributed by atoms with Gasteiger partial charge in [-0.25, -0.2) is 0 Å². The Balaban J connectivity index is 1.68. The van der Waals surface area contributed by atoms with Crippen LogP contribution in [0.5, 0.6) is 5.75 Å². The largest absolute Gasteiger partial charge is 0.484 e. The summed E-state index contributed by atoms with van der Waals surface area (Å²) >= 11 is 5.04. The highest BCUT2D eigenvalue weighted by Gasteiger charge is 2.32. The minimum atomic E-state index is -0.570. The summed E-state index contributed by atoms with van der Waals surface area (Å²) in [6.45, 7) is 7.58. The number of hydrogen-bond donors (Lipinski definition) is 2. The van der Waals surface area contributed by atoms with E-state index in [1.807, 2.05) is 32.0 Å². The Hall–Kier alpha value is -3.78. The summed E-state index contributed by atoms with van der Waals surface area (Å²) in [7, 11) is 0. The lowest BCUT2D eigenvalue weighted by Gasteiger charge is -2.27. The molecule has 0 spiro atoms. The molecule has 32 heavy (non-hydrogen) atoms. The summed E-state index contributed by atoms with van der Waals surface area (Å²) in [6.07, 6.45) is 2.98. The molecule has 7 nitrogen and oxygen atoms in total. The smallest absolute Gasteiger partial charge is 0.265 e. The molecule has 2 N–H and O–H groups in total. The van der Waals surface area contributed by atoms with Crippen molar-refractivity contribution in [3.8, 4) is 5.75 Å². The first-order valence-electron chi connectivity index (χ1n) is 9.88. The highest BCUT2D eigenvalue weighted by Crippen LogP contribution is 2.19. The van der Waals surface area contributed by atoms with E-state index in [1.54, 1.807) is 24.3 Å². The standard InChI is InChI=1S/C24H23N3O4S/c1-4-10-27-23(30)20(22(29)26-24(27)32)13-17-6-5-7-19(12-17)31-14-21(28)25-18-9-8-15(2)16(3)11-18/h4-9,11-13H,1,10,14H2,2-3H3,(H,25,28)(H,26,29,32)/b20-13-. The highest BCUT2D eigenvalue weighted by molar-refractivity contribution is 7.80. The zero-order valence-corrected chi connectivity index (χ0v) is 18.6. The average Bonchev–Trinajstić information content (AvgIpc) is 2.75. The maximum absolute atomic E-state index is 12.6. The van der Waals surface area contributed by atoms with Crippen LogP contribution in [0.4, 0.5) is 5.69 Å². The van der Waals surface area contributed by atoms with Crippen LogP contribution in [-0.2, 0) is 14.4 Å². The predicted molar refractivity (Wildman–Crippen MR) is 127 cm³/mol. The number of nitrogens with one attached hydrogen (secondary N) is 2. The fraction of sp³-hybridized carbons (Fsp3) is 0.167. The molecule has 1 aliphatic rings. The molecule has 0 bridgehead atoms. The van der Waals surface area contributed by atoms with Crippen molar-refractivity contribution in [2.45, 2.75) is 13.8 Å². The fourth-order valence-corrected chi connectivity index (χ4v) is 3.26. The van der Waals surface area contributed by atoms with Gasteiger partial charge in [0, 0.05) is 12.2 Å². The van der Waals surface area contributed by atoms with E-state index in [-0.39, 0.29) is 29.7 Å². The molecule has 0 radical (unpaired) electrons. The second-order valence-electron chi connectivity index (χ2n) is 7.23. The molecule has 0 aromatic heterocycles. The van der Waals surface area contributed by atoms with Crippen molar-refractivity contribution in [2.24, 2.45) is 0 Å². The molecule has 3 amide bonds. The third-order valence-corrected chi connectivity index (χ3v) is 5.15. The number of carbonyl (C=O) groups is 3. The van der Waals surface area contributed by atoms with Gasteiger partial charge in [0.25, 0.3) is 17.7 Å². The summed E-state index contributed by atoms with van der Waals surface area (Å²) in [4.78, 5) is 38.4. The Kier molecular flexibility index (Phi) is 7.17. The molecule has 1 saturated heterocycles. The van der Waals surface area contributed by atoms with E-state index in [9.17, 15) is 14.4 Å². The normalized spacial score (nSPS) is 14.9. The number of benzene rings is 2. The van der Waals surface area contributed by atoms with Gasteiger partial charge in [-0.3, -0.25) is 24.6 Å². The molecule has 2 aromatic carbocycles. The summed E-state index contributed by atoms with van der Waals surface area (Å²) in [5, 5.41) is 5.34. The average molecular weight is 450 g/mol. The minimum absolute atomic E-state index is 0.0453. The molecule has 0 unspecified atom stereocenters. The van der Waals surface area contributed by atoms with E-state index < -0.39 is 11.8 Å². The highest BCUT2D eigenvalue weighted by atomic mass is 32.1. The van der Waals surface area contributed by atoms with Gasteiger partial charge in [-0.15, -0.1) is 6.58 Å². The van der Waals surface area contributed by atoms with Gasteiger partial charge in [0.1, 0.15) is 11.3 Å². The van der Waals surface area contributed by atoms with Crippen LogP contribution < -0.4 is 15.4 Å². The maximum Gasteiger partial charge on any atom is 0.265 e. The quantitative estimate of drug-likeness (QED) is 0.294. The van der Waals surface area contributed by atoms with Crippen LogP contribution in [0.1, 0.15) is 16.7 Å². The van der Waals surface area contributed by atoms with Crippen molar-refractivity contribution in [1.82, 2.24) is 10.2 Å². The van der Waals surface area contributed by atoms with Crippen molar-refractivity contribution in [3.05, 3.63) is 77.4 Å². The van der Waals surface area contributed by atoms with Crippen LogP contribution in [0, 0.1) is 13.8 Å². The van der Waals surface area contributed by atoms with Crippen LogP contribution in [0.2, 0.25) is 0 Å². The SMILES string of the molecule is C=CCN1C(=O)/C(=C\c2cccc(OCC(=O)Nc3ccc(C)c(C)c3)c2)C(=O)NC1=S. The number of rotatable bonds is 7. The molecule has 8 heteroatoms. The monoisotopic (exact) mass is 449 g/mol. The third-order valence-electron chi connectivity index (χ3n) is 4.83. The lowest BCUT2D eigenvalue weighted by atomic mass is 10.1. The van der Waals surface area contributed by atoms with Crippen LogP contribution in [0.25, 0.3) is 6.08 Å². The fourth-order valence-electron chi connectivity index (χ4n) is 3.01. The number of aryl methyl sites for hydroxylation is 2. The summed E-state index contributed by atoms with van der Waals surface area (Å²) in [5.41, 5.74) is 3.44. The molecule has 1 fully saturated rings. The van der Waals surface area contributed by atoms with Gasteiger partial charge in [-0.05, 0) is 73.1 Å². The summed E-state index contributed by atoms with van der Waals surface area (Å²) in [6, 6.07) is 12.4. The molecule has 3 rings (SSSR count). The molecule has 0 aliphatic carbocycles.